The zero-order valence-electron chi connectivity index (χ0n) is 35.7. The molecule has 6 fully saturated rings. The molecular weight excluding hydrogens is 746 g/mol. The van der Waals surface area contributed by atoms with Crippen LogP contribution in [-0.4, -0.2) is 108 Å². The number of carbonyl (C=O) groups excluding carboxylic acids is 6. The minimum atomic E-state index is -1.62. The molecular formula is C45H65NO12. The van der Waals surface area contributed by atoms with E-state index in [0.29, 0.717) is 38.5 Å². The number of Topliss-reactive ketones (excluding diaryl/α,β-unsaturated/α-hetero) is 2. The minimum Gasteiger partial charge on any atom is -0.469 e. The molecule has 0 aromatic carbocycles. The molecule has 322 valence electrons. The van der Waals surface area contributed by atoms with Crippen LogP contribution in [0.4, 0.5) is 0 Å². The lowest BCUT2D eigenvalue weighted by Gasteiger charge is -2.62. The highest BCUT2D eigenvalue weighted by molar-refractivity contribution is 5.95. The number of carbonyl (C=O) groups is 6. The van der Waals surface area contributed by atoms with Crippen molar-refractivity contribution < 1.29 is 58.3 Å². The number of ether oxygens (including phenoxy) is 3. The number of hydrogen-bond acceptors (Lipinski definition) is 12. The monoisotopic (exact) mass is 811 g/mol. The summed E-state index contributed by atoms with van der Waals surface area (Å²) in [7, 11) is 4.17. The van der Waals surface area contributed by atoms with Crippen molar-refractivity contribution in [3.8, 4) is 0 Å². The molecule has 13 heteroatoms. The fourth-order valence-electron chi connectivity index (χ4n) is 14.0. The highest BCUT2D eigenvalue weighted by Crippen LogP contribution is 2.66. The number of amides is 1. The summed E-state index contributed by atoms with van der Waals surface area (Å²) in [6.45, 7) is 11.3. The number of likely N-dealkylation sites (N-methyl/N-ethyl adjacent to an activating group) is 1. The summed E-state index contributed by atoms with van der Waals surface area (Å²) in [5.74, 6) is -6.54. The van der Waals surface area contributed by atoms with E-state index >= 15 is 0 Å². The number of aliphatic hydroxyl groups excluding tert-OH is 3. The Morgan fingerprint density at radius 3 is 1.81 bits per heavy atom. The predicted octanol–water partition coefficient (Wildman–Crippen LogP) is 3.99. The second-order valence-electron chi connectivity index (χ2n) is 19.5. The molecule has 0 saturated heterocycles. The van der Waals surface area contributed by atoms with Crippen LogP contribution in [0.25, 0.3) is 0 Å². The second-order valence-corrected chi connectivity index (χ2v) is 19.5. The van der Waals surface area contributed by atoms with E-state index in [-0.39, 0.29) is 54.9 Å². The van der Waals surface area contributed by atoms with Crippen LogP contribution < -0.4 is 0 Å². The molecule has 0 heterocycles. The number of methoxy groups -OCH3 is 2. The highest BCUT2D eigenvalue weighted by Gasteiger charge is 2.70. The van der Waals surface area contributed by atoms with E-state index in [1.165, 1.54) is 25.2 Å². The summed E-state index contributed by atoms with van der Waals surface area (Å²) < 4.78 is 16.7. The van der Waals surface area contributed by atoms with Gasteiger partial charge in [0.05, 0.1) is 26.2 Å². The van der Waals surface area contributed by atoms with Gasteiger partial charge in [-0.1, -0.05) is 45.3 Å². The molecule has 15 atom stereocenters. The fraction of sp³-hybridized carbons (Fsp3) is 0.778. The Hall–Kier alpha value is -3.42. The van der Waals surface area contributed by atoms with Gasteiger partial charge in [0.2, 0.25) is 5.91 Å². The number of rotatable bonds is 7. The lowest BCUT2D eigenvalue weighted by atomic mass is 9.41. The Bertz CT molecular complexity index is 1770. The summed E-state index contributed by atoms with van der Waals surface area (Å²) in [6.07, 6.45) is 4.15. The van der Waals surface area contributed by atoms with Crippen LogP contribution in [0.15, 0.2) is 23.3 Å². The van der Waals surface area contributed by atoms with Gasteiger partial charge in [-0.15, -0.1) is 0 Å². The summed E-state index contributed by atoms with van der Waals surface area (Å²) >= 11 is 0. The van der Waals surface area contributed by atoms with E-state index in [0.717, 1.165) is 24.0 Å². The summed E-state index contributed by atoms with van der Waals surface area (Å²) in [4.78, 5) is 83.9. The zero-order chi connectivity index (χ0) is 42.9. The first-order chi connectivity index (χ1) is 27.2. The van der Waals surface area contributed by atoms with Gasteiger partial charge in [0.15, 0.2) is 11.6 Å². The molecule has 6 aliphatic carbocycles. The molecule has 6 rings (SSSR count). The Balaban J connectivity index is 1.24. The Morgan fingerprint density at radius 1 is 0.759 bits per heavy atom. The lowest BCUT2D eigenvalue weighted by Crippen LogP contribution is -2.68. The molecule has 3 N–H and O–H groups in total. The average Bonchev–Trinajstić information content (AvgIpc) is 3.18. The van der Waals surface area contributed by atoms with Crippen molar-refractivity contribution in [3.05, 3.63) is 23.3 Å². The van der Waals surface area contributed by atoms with Gasteiger partial charge >= 0.3 is 17.9 Å². The highest BCUT2D eigenvalue weighted by atomic mass is 16.6. The van der Waals surface area contributed by atoms with E-state index in [9.17, 15) is 44.1 Å². The van der Waals surface area contributed by atoms with Gasteiger partial charge in [-0.3, -0.25) is 24.0 Å². The van der Waals surface area contributed by atoms with Crippen LogP contribution in [0.1, 0.15) is 99.3 Å². The second kappa shape index (κ2) is 15.9. The summed E-state index contributed by atoms with van der Waals surface area (Å²) in [6, 6.07) is 0. The largest absolute Gasteiger partial charge is 0.469 e. The van der Waals surface area contributed by atoms with Crippen molar-refractivity contribution in [2.45, 2.75) is 118 Å². The number of fused-ring (bicyclic) bond motifs is 6. The smallest absolute Gasteiger partial charge is 0.331 e. The Morgan fingerprint density at radius 2 is 1.28 bits per heavy atom. The van der Waals surface area contributed by atoms with E-state index in [1.807, 2.05) is 20.8 Å². The molecule has 6 aliphatic rings. The van der Waals surface area contributed by atoms with Crippen LogP contribution >= 0.6 is 0 Å². The average molecular weight is 812 g/mol. The third-order valence-corrected chi connectivity index (χ3v) is 16.9. The van der Waals surface area contributed by atoms with Crippen LogP contribution in [-0.2, 0) is 43.0 Å². The molecule has 0 spiro atoms. The Labute approximate surface area is 342 Å². The lowest BCUT2D eigenvalue weighted by molar-refractivity contribution is -0.214. The fourth-order valence-corrected chi connectivity index (χ4v) is 14.0. The molecule has 0 unspecified atom stereocenters. The zero-order valence-corrected chi connectivity index (χ0v) is 35.7. The molecule has 0 bridgehead atoms. The first-order valence-corrected chi connectivity index (χ1v) is 21.3. The standard InChI is InChI=1S/C45H65NO12/c1-23-25(21-30(48)46(7)19-20-47)11-13-28-32(23)35(51)37(53)39-43(28,4)18-15-29(45(39,6)41(55)57-9)58-31(49)22-26-12-14-27-33(24(26)2)34(50)36(52)38-42(27,3)16-10-17-44(38,5)40(54)56-8/h21-24,27-29,32-35,38-39,47,50-51H,10-20H2,1-9H3/b25-21+,26-22+/t23-,24-,27-,28-,29-,32-,33-,34+,35+,38+,39+,42+,43+,44-,45-/m0/s1. The molecule has 0 aromatic rings. The van der Waals surface area contributed by atoms with E-state index in [1.54, 1.807) is 27.0 Å². The number of ketones is 2. The number of aliphatic hydroxyl groups is 3. The predicted molar refractivity (Wildman–Crippen MR) is 210 cm³/mol. The van der Waals surface area contributed by atoms with E-state index in [4.69, 9.17) is 14.2 Å². The van der Waals surface area contributed by atoms with Crippen molar-refractivity contribution in [3.63, 3.8) is 0 Å². The summed E-state index contributed by atoms with van der Waals surface area (Å²) in [5, 5.41) is 32.7. The maximum absolute atomic E-state index is 14.5. The van der Waals surface area contributed by atoms with Gasteiger partial charge in [0.1, 0.15) is 23.7 Å². The van der Waals surface area contributed by atoms with Gasteiger partial charge in [0.25, 0.3) is 0 Å². The van der Waals surface area contributed by atoms with Crippen LogP contribution in [0.3, 0.4) is 0 Å². The van der Waals surface area contributed by atoms with Crippen LogP contribution in [0.2, 0.25) is 0 Å². The van der Waals surface area contributed by atoms with Gasteiger partial charge in [-0.05, 0) is 99.7 Å². The van der Waals surface area contributed by atoms with E-state index < -0.39 is 87.3 Å². The van der Waals surface area contributed by atoms with E-state index in [2.05, 4.69) is 6.92 Å². The number of nitrogens with zero attached hydrogens (tertiary/aromatic N) is 1. The number of allylic oxidation sites excluding steroid dienone is 2. The Kier molecular flexibility index (Phi) is 12.1. The van der Waals surface area contributed by atoms with Crippen molar-refractivity contribution >= 4 is 35.4 Å². The number of esters is 3. The molecule has 1 amide bonds. The molecule has 13 nitrogen and oxygen atoms in total. The third kappa shape index (κ3) is 6.60. The van der Waals surface area contributed by atoms with Gasteiger partial charge in [0, 0.05) is 49.4 Å². The maximum atomic E-state index is 14.5. The molecule has 0 aromatic heterocycles. The third-order valence-electron chi connectivity index (χ3n) is 16.9. The maximum Gasteiger partial charge on any atom is 0.331 e. The molecule has 58 heavy (non-hydrogen) atoms. The minimum absolute atomic E-state index is 0.0778. The summed E-state index contributed by atoms with van der Waals surface area (Å²) in [5.41, 5.74) is -2.40. The topological polar surface area (TPSA) is 194 Å². The molecule has 6 saturated carbocycles. The van der Waals surface area contributed by atoms with Crippen LogP contribution in [0, 0.1) is 69.0 Å². The molecule has 0 radical (unpaired) electrons. The normalized spacial score (nSPS) is 44.9. The van der Waals surface area contributed by atoms with Crippen molar-refractivity contribution in [2.75, 3.05) is 34.4 Å². The molecule has 0 aliphatic heterocycles. The quantitative estimate of drug-likeness (QED) is 0.191. The van der Waals surface area contributed by atoms with Crippen molar-refractivity contribution in [2.24, 2.45) is 69.0 Å². The van der Waals surface area contributed by atoms with Gasteiger partial charge < -0.3 is 34.4 Å². The first kappa shape index (κ1) is 44.1. The van der Waals surface area contributed by atoms with Crippen molar-refractivity contribution in [1.29, 1.82) is 0 Å². The van der Waals surface area contributed by atoms with Crippen molar-refractivity contribution in [1.82, 2.24) is 4.90 Å². The van der Waals surface area contributed by atoms with Crippen LogP contribution in [0.5, 0.6) is 0 Å². The SMILES string of the molecule is COC(=O)[C@@]1(C)[C@@H](OC(=O)/C=C2\CC[C@H]3[C@@H]([C@@H](O)C(=O)[C@@H]4[C@]3(C)CCC[C@]4(C)C(=O)OC)[C@H]2C)CC[C@@]2(C)[C@H]1C(=O)[C@H](O)[C@H]1[C@@H](C)/C(=C/C(=O)N(C)CCO)CC[C@@H]12. The van der Waals surface area contributed by atoms with Gasteiger partial charge in [-0.25, -0.2) is 4.79 Å². The van der Waals surface area contributed by atoms with Gasteiger partial charge in [-0.2, -0.15) is 0 Å². The number of hydrogen-bond donors (Lipinski definition) is 3. The first-order valence-electron chi connectivity index (χ1n) is 21.3.